The predicted molar refractivity (Wildman–Crippen MR) is 217 cm³/mol. The minimum Gasteiger partial charge on any atom is -0.394 e. The Morgan fingerprint density at radius 3 is 1.60 bits per heavy atom. The molecule has 1 fully saturated rings. The Labute approximate surface area is 324 Å². The van der Waals surface area contributed by atoms with Gasteiger partial charge in [0.2, 0.25) is 5.91 Å². The van der Waals surface area contributed by atoms with Gasteiger partial charge in [-0.2, -0.15) is 0 Å². The number of carbonyl (C=O) groups is 1. The number of carbonyl (C=O) groups excluding carboxylic acids is 1. The highest BCUT2D eigenvalue weighted by Gasteiger charge is 2.44. The monoisotopic (exact) mass is 754 g/mol. The van der Waals surface area contributed by atoms with E-state index in [1.807, 2.05) is 6.08 Å². The molecule has 0 spiro atoms. The van der Waals surface area contributed by atoms with Gasteiger partial charge >= 0.3 is 0 Å². The van der Waals surface area contributed by atoms with Crippen LogP contribution in [0.2, 0.25) is 0 Å². The van der Waals surface area contributed by atoms with E-state index in [4.69, 9.17) is 9.47 Å². The number of hydrogen-bond donors (Lipinski definition) is 6. The Morgan fingerprint density at radius 2 is 1.09 bits per heavy atom. The lowest BCUT2D eigenvalue weighted by atomic mass is 9.99. The van der Waals surface area contributed by atoms with Crippen LogP contribution < -0.4 is 5.32 Å². The number of ether oxygens (including phenoxy) is 2. The maximum absolute atomic E-state index is 12.9. The van der Waals surface area contributed by atoms with Crippen molar-refractivity contribution in [3.05, 3.63) is 24.3 Å². The van der Waals surface area contributed by atoms with Crippen LogP contribution in [-0.4, -0.2) is 87.5 Å². The molecule has 312 valence electrons. The van der Waals surface area contributed by atoms with Crippen LogP contribution in [0.25, 0.3) is 0 Å². The molecule has 1 aliphatic heterocycles. The highest BCUT2D eigenvalue weighted by Crippen LogP contribution is 2.22. The summed E-state index contributed by atoms with van der Waals surface area (Å²) in [4.78, 5) is 12.9. The van der Waals surface area contributed by atoms with Crippen molar-refractivity contribution in [3.8, 4) is 0 Å². The standard InChI is InChI=1S/C44H83NO8/c1-3-5-7-9-11-13-15-17-18-19-20-22-24-26-28-30-32-34-40(48)45-37(36-52-44-43(51)42(50)41(49)39(35-46)53-44)38(47)33-31-29-27-25-23-21-16-14-12-10-8-6-4-2/h8,10,31,33,37-39,41-44,46-47,49-51H,3-7,9,11-30,32,34-36H2,1-2H3,(H,45,48)/b10-8-,33-31+/t37-,38+,39+,41-,42?,43?,44+/m0/s1. The van der Waals surface area contributed by atoms with E-state index in [9.17, 15) is 30.3 Å². The molecule has 0 radical (unpaired) electrons. The summed E-state index contributed by atoms with van der Waals surface area (Å²) >= 11 is 0. The summed E-state index contributed by atoms with van der Waals surface area (Å²) in [5.74, 6) is -0.179. The zero-order valence-electron chi connectivity index (χ0n) is 34.0. The Bertz CT molecular complexity index is 883. The average molecular weight is 754 g/mol. The Morgan fingerprint density at radius 1 is 0.623 bits per heavy atom. The minimum absolute atomic E-state index is 0.179. The van der Waals surface area contributed by atoms with Crippen molar-refractivity contribution in [1.29, 1.82) is 0 Å². The first-order valence-electron chi connectivity index (χ1n) is 22.1. The van der Waals surface area contributed by atoms with Gasteiger partial charge in [0.1, 0.15) is 24.4 Å². The quantitative estimate of drug-likeness (QED) is 0.0275. The number of hydrogen-bond acceptors (Lipinski definition) is 8. The topological polar surface area (TPSA) is 149 Å². The van der Waals surface area contributed by atoms with Gasteiger partial charge in [0.05, 0.1) is 25.4 Å². The molecular weight excluding hydrogens is 670 g/mol. The second kappa shape index (κ2) is 35.1. The van der Waals surface area contributed by atoms with Gasteiger partial charge in [-0.1, -0.05) is 173 Å². The lowest BCUT2D eigenvalue weighted by molar-refractivity contribution is -0.302. The molecule has 1 heterocycles. The number of allylic oxidation sites excluding steroid dienone is 3. The highest BCUT2D eigenvalue weighted by molar-refractivity contribution is 5.76. The molecule has 0 aromatic heterocycles. The van der Waals surface area contributed by atoms with Gasteiger partial charge in [-0.05, 0) is 38.5 Å². The normalized spacial score (nSPS) is 21.8. The van der Waals surface area contributed by atoms with E-state index in [1.54, 1.807) is 6.08 Å². The van der Waals surface area contributed by atoms with Crippen molar-refractivity contribution in [3.63, 3.8) is 0 Å². The Hall–Kier alpha value is -1.33. The van der Waals surface area contributed by atoms with E-state index in [0.29, 0.717) is 6.42 Å². The van der Waals surface area contributed by atoms with Crippen LogP contribution in [0.4, 0.5) is 0 Å². The fourth-order valence-electron chi connectivity index (χ4n) is 6.92. The van der Waals surface area contributed by atoms with Crippen molar-refractivity contribution < 1.29 is 39.8 Å². The number of aliphatic hydroxyl groups excluding tert-OH is 5. The number of unbranched alkanes of at least 4 members (excludes halogenated alkanes) is 24. The molecule has 0 bridgehead atoms. The van der Waals surface area contributed by atoms with Gasteiger partial charge in [-0.3, -0.25) is 4.79 Å². The number of rotatable bonds is 36. The second-order valence-electron chi connectivity index (χ2n) is 15.5. The van der Waals surface area contributed by atoms with Gasteiger partial charge in [0.15, 0.2) is 6.29 Å². The second-order valence-corrected chi connectivity index (χ2v) is 15.5. The molecule has 2 unspecified atom stereocenters. The van der Waals surface area contributed by atoms with Crippen LogP contribution in [-0.2, 0) is 14.3 Å². The van der Waals surface area contributed by atoms with Crippen LogP contribution in [0.15, 0.2) is 24.3 Å². The molecule has 7 atom stereocenters. The summed E-state index contributed by atoms with van der Waals surface area (Å²) in [6.07, 6.45) is 33.6. The molecule has 1 amide bonds. The van der Waals surface area contributed by atoms with Crippen molar-refractivity contribution in [2.45, 2.75) is 236 Å². The van der Waals surface area contributed by atoms with Gasteiger partial charge in [0, 0.05) is 6.42 Å². The minimum atomic E-state index is -1.56. The molecule has 0 aliphatic carbocycles. The van der Waals surface area contributed by atoms with Gasteiger partial charge in [0.25, 0.3) is 0 Å². The highest BCUT2D eigenvalue weighted by atomic mass is 16.7. The van der Waals surface area contributed by atoms with E-state index in [1.165, 1.54) is 128 Å². The summed E-state index contributed by atoms with van der Waals surface area (Å²) in [6.45, 7) is 3.71. The third-order valence-electron chi connectivity index (χ3n) is 10.5. The first-order valence-corrected chi connectivity index (χ1v) is 22.1. The third kappa shape index (κ3) is 26.2. The van der Waals surface area contributed by atoms with Crippen LogP contribution in [0.1, 0.15) is 194 Å². The smallest absolute Gasteiger partial charge is 0.220 e. The lowest BCUT2D eigenvalue weighted by Gasteiger charge is -2.40. The summed E-state index contributed by atoms with van der Waals surface area (Å²) in [7, 11) is 0. The van der Waals surface area contributed by atoms with Crippen molar-refractivity contribution in [1.82, 2.24) is 5.32 Å². The van der Waals surface area contributed by atoms with Gasteiger partial charge < -0.3 is 40.3 Å². The maximum atomic E-state index is 12.9. The molecule has 9 heteroatoms. The number of nitrogens with one attached hydrogen (secondary N) is 1. The van der Waals surface area contributed by atoms with Crippen molar-refractivity contribution in [2.24, 2.45) is 0 Å². The predicted octanol–water partition coefficient (Wildman–Crippen LogP) is 8.72. The molecule has 1 rings (SSSR count). The zero-order chi connectivity index (χ0) is 38.8. The number of amides is 1. The van der Waals surface area contributed by atoms with Crippen LogP contribution in [0.5, 0.6) is 0 Å². The maximum Gasteiger partial charge on any atom is 0.220 e. The molecule has 0 saturated carbocycles. The summed E-state index contributed by atoms with van der Waals surface area (Å²) in [5.41, 5.74) is 0. The first kappa shape index (κ1) is 49.7. The molecule has 0 aromatic carbocycles. The Balaban J connectivity index is 2.36. The molecule has 1 saturated heterocycles. The van der Waals surface area contributed by atoms with E-state index in [2.05, 4.69) is 31.3 Å². The molecular formula is C44H83NO8. The molecule has 0 aromatic rings. The van der Waals surface area contributed by atoms with E-state index >= 15 is 0 Å². The van der Waals surface area contributed by atoms with E-state index in [0.717, 1.165) is 44.9 Å². The third-order valence-corrected chi connectivity index (χ3v) is 10.5. The van der Waals surface area contributed by atoms with Crippen LogP contribution in [0.3, 0.4) is 0 Å². The largest absolute Gasteiger partial charge is 0.394 e. The van der Waals surface area contributed by atoms with Crippen molar-refractivity contribution >= 4 is 5.91 Å². The molecule has 1 aliphatic rings. The van der Waals surface area contributed by atoms with Crippen molar-refractivity contribution in [2.75, 3.05) is 13.2 Å². The summed E-state index contributed by atoms with van der Waals surface area (Å²) < 4.78 is 11.2. The molecule has 6 N–H and O–H groups in total. The SMILES string of the molecule is CCC/C=C\CCCCCCCC/C=C/[C@@H](O)[C@H](CO[C@@H]1O[C@H](CO)[C@H](O)C(O)C1O)NC(=O)CCCCCCCCCCCCCCCCCCC. The van der Waals surface area contributed by atoms with Crippen LogP contribution in [0, 0.1) is 0 Å². The molecule has 9 nitrogen and oxygen atoms in total. The lowest BCUT2D eigenvalue weighted by Crippen LogP contribution is -2.60. The summed E-state index contributed by atoms with van der Waals surface area (Å²) in [6, 6.07) is -0.803. The van der Waals surface area contributed by atoms with Gasteiger partial charge in [-0.15, -0.1) is 0 Å². The van der Waals surface area contributed by atoms with E-state index < -0.39 is 49.5 Å². The Kier molecular flexibility index (Phi) is 32.9. The zero-order valence-corrected chi connectivity index (χ0v) is 34.0. The van der Waals surface area contributed by atoms with Crippen LogP contribution >= 0.6 is 0 Å². The fourth-order valence-corrected chi connectivity index (χ4v) is 6.92. The van der Waals surface area contributed by atoms with Gasteiger partial charge in [-0.25, -0.2) is 0 Å². The number of aliphatic hydroxyl groups is 5. The first-order chi connectivity index (χ1) is 25.8. The average Bonchev–Trinajstić information content (AvgIpc) is 3.16. The fraction of sp³-hybridized carbons (Fsp3) is 0.886. The molecule has 53 heavy (non-hydrogen) atoms. The van der Waals surface area contributed by atoms with E-state index in [-0.39, 0.29) is 12.5 Å². The summed E-state index contributed by atoms with van der Waals surface area (Å²) in [5, 5.41) is 54.1.